The van der Waals surface area contributed by atoms with Crippen LogP contribution in [0.4, 0.5) is 5.69 Å². The van der Waals surface area contributed by atoms with Crippen molar-refractivity contribution in [2.24, 2.45) is 5.10 Å². The van der Waals surface area contributed by atoms with Gasteiger partial charge in [0.1, 0.15) is 0 Å². The lowest BCUT2D eigenvalue weighted by Crippen LogP contribution is -2.21. The fourth-order valence-electron chi connectivity index (χ4n) is 3.09. The molecular weight excluding hydrogens is 625 g/mol. The highest BCUT2D eigenvalue weighted by Gasteiger charge is 2.14. The van der Waals surface area contributed by atoms with E-state index in [1.54, 1.807) is 30.3 Å². The summed E-state index contributed by atoms with van der Waals surface area (Å²) in [5.41, 5.74) is 6.52. The third-order valence-corrected chi connectivity index (χ3v) is 6.16. The summed E-state index contributed by atoms with van der Waals surface area (Å²) in [6, 6.07) is 16.4. The molecule has 0 saturated heterocycles. The number of rotatable bonds is 9. The molecule has 182 valence electrons. The normalized spacial score (nSPS) is 10.8. The lowest BCUT2D eigenvalue weighted by atomic mass is 10.1. The zero-order valence-corrected chi connectivity index (χ0v) is 23.3. The van der Waals surface area contributed by atoms with Crippen LogP contribution in [0.3, 0.4) is 0 Å². The molecule has 0 fully saturated rings. The van der Waals surface area contributed by atoms with Crippen molar-refractivity contribution in [3.63, 3.8) is 0 Å². The second-order valence-electron chi connectivity index (χ2n) is 7.62. The van der Waals surface area contributed by atoms with E-state index in [1.165, 1.54) is 6.21 Å². The van der Waals surface area contributed by atoms with Crippen molar-refractivity contribution in [1.29, 1.82) is 0 Å². The van der Waals surface area contributed by atoms with E-state index in [9.17, 15) is 9.59 Å². The Bertz CT molecular complexity index is 1250. The number of benzene rings is 3. The summed E-state index contributed by atoms with van der Waals surface area (Å²) in [5.74, 6) is 0.376. The summed E-state index contributed by atoms with van der Waals surface area (Å²) in [5, 5.41) is 6.94. The lowest BCUT2D eigenvalue weighted by Gasteiger charge is -2.15. The van der Waals surface area contributed by atoms with E-state index in [4.69, 9.17) is 9.47 Å². The van der Waals surface area contributed by atoms with Crippen LogP contribution in [-0.2, 0) is 4.79 Å². The summed E-state index contributed by atoms with van der Waals surface area (Å²) in [7, 11) is 0. The molecule has 0 aliphatic rings. The quantitative estimate of drug-likeness (QED) is 0.173. The number of hydrogen-bond donors (Lipinski definition) is 2. The summed E-state index contributed by atoms with van der Waals surface area (Å²) >= 11 is 5.46. The van der Waals surface area contributed by atoms with Crippen LogP contribution < -0.4 is 20.2 Å². The van der Waals surface area contributed by atoms with Crippen molar-refractivity contribution in [2.75, 3.05) is 18.5 Å². The zero-order chi connectivity index (χ0) is 25.4. The van der Waals surface area contributed by atoms with Crippen molar-refractivity contribution < 1.29 is 19.1 Å². The Balaban J connectivity index is 1.67. The van der Waals surface area contributed by atoms with Gasteiger partial charge in [0.15, 0.2) is 18.1 Å². The Kier molecular flexibility index (Phi) is 9.67. The van der Waals surface area contributed by atoms with E-state index >= 15 is 0 Å². The van der Waals surface area contributed by atoms with Gasteiger partial charge >= 0.3 is 0 Å². The van der Waals surface area contributed by atoms with Crippen molar-refractivity contribution in [3.8, 4) is 11.5 Å². The van der Waals surface area contributed by atoms with Gasteiger partial charge in [-0.1, -0.05) is 28.1 Å². The number of anilines is 1. The van der Waals surface area contributed by atoms with Crippen LogP contribution in [0.25, 0.3) is 0 Å². The number of hydrazone groups is 1. The van der Waals surface area contributed by atoms with E-state index in [0.29, 0.717) is 29.2 Å². The Hall–Kier alpha value is -2.92. The number of nitrogens with zero attached hydrogens (tertiary/aromatic N) is 1. The lowest BCUT2D eigenvalue weighted by molar-refractivity contribution is -0.118. The number of amides is 2. The maximum atomic E-state index is 12.5. The average molecular weight is 650 g/mol. The first-order chi connectivity index (χ1) is 16.8. The molecule has 0 aromatic heterocycles. The average Bonchev–Trinajstić information content (AvgIpc) is 2.81. The van der Waals surface area contributed by atoms with Crippen LogP contribution in [0.5, 0.6) is 11.5 Å². The Labute approximate surface area is 226 Å². The van der Waals surface area contributed by atoms with Crippen LogP contribution in [0.15, 0.2) is 64.2 Å². The molecule has 2 N–H and O–H groups in total. The second kappa shape index (κ2) is 12.7. The first-order valence-electron chi connectivity index (χ1n) is 10.8. The summed E-state index contributed by atoms with van der Waals surface area (Å²) in [6.07, 6.45) is 1.53. The van der Waals surface area contributed by atoms with Gasteiger partial charge in [0.2, 0.25) is 0 Å². The molecule has 2 amide bonds. The van der Waals surface area contributed by atoms with Crippen LogP contribution in [0.2, 0.25) is 0 Å². The molecule has 0 radical (unpaired) electrons. The third kappa shape index (κ3) is 7.79. The molecule has 0 aliphatic carbocycles. The van der Waals surface area contributed by atoms with Crippen molar-refractivity contribution in [3.05, 3.63) is 84.9 Å². The molecule has 0 saturated carbocycles. The van der Waals surface area contributed by atoms with Crippen molar-refractivity contribution >= 4 is 62.2 Å². The highest BCUT2D eigenvalue weighted by Crippen LogP contribution is 2.34. The monoisotopic (exact) mass is 649 g/mol. The van der Waals surface area contributed by atoms with Crippen molar-refractivity contribution in [2.45, 2.75) is 20.8 Å². The molecule has 3 aromatic carbocycles. The van der Waals surface area contributed by atoms with Crippen LogP contribution >= 0.6 is 38.5 Å². The Morgan fingerprint density at radius 1 is 1.06 bits per heavy atom. The zero-order valence-electron chi connectivity index (χ0n) is 19.5. The van der Waals surface area contributed by atoms with Gasteiger partial charge in [-0.2, -0.15) is 5.10 Å². The van der Waals surface area contributed by atoms with Gasteiger partial charge in [0, 0.05) is 15.7 Å². The minimum Gasteiger partial charge on any atom is -0.490 e. The highest BCUT2D eigenvalue weighted by molar-refractivity contribution is 14.1. The largest absolute Gasteiger partial charge is 0.490 e. The third-order valence-electron chi connectivity index (χ3n) is 4.83. The topological polar surface area (TPSA) is 89.0 Å². The fraction of sp³-hybridized carbons (Fsp3) is 0.192. The molecule has 7 nitrogen and oxygen atoms in total. The van der Waals surface area contributed by atoms with E-state index < -0.39 is 0 Å². The number of halogens is 2. The van der Waals surface area contributed by atoms with Gasteiger partial charge < -0.3 is 14.8 Å². The van der Waals surface area contributed by atoms with Crippen LogP contribution in [-0.4, -0.2) is 31.2 Å². The fourth-order valence-corrected chi connectivity index (χ4v) is 4.14. The Morgan fingerprint density at radius 2 is 1.80 bits per heavy atom. The summed E-state index contributed by atoms with van der Waals surface area (Å²) in [4.78, 5) is 24.7. The number of nitrogens with one attached hydrogen (secondary N) is 2. The maximum Gasteiger partial charge on any atom is 0.271 e. The Morgan fingerprint density at radius 3 is 2.51 bits per heavy atom. The molecule has 0 unspecified atom stereocenters. The van der Waals surface area contributed by atoms with Crippen LogP contribution in [0, 0.1) is 17.4 Å². The number of carbonyl (C=O) groups excluding carboxylic acids is 2. The minimum atomic E-state index is -0.316. The molecular formula is C26H25BrIN3O4. The van der Waals surface area contributed by atoms with Gasteiger partial charge in [-0.3, -0.25) is 9.59 Å². The standard InChI is InChI=1S/C26H25BrIN3O4/c1-4-34-23-13-18(14-29-31-26(33)19-7-9-20(27)10-8-19)12-21(28)25(23)35-15-24(32)30-22-11-16(2)5-6-17(22)3/h5-14H,4,15H2,1-3H3,(H,30,32)(H,31,33)/b29-14+. The van der Waals surface area contributed by atoms with Gasteiger partial charge in [0.05, 0.1) is 16.4 Å². The summed E-state index contributed by atoms with van der Waals surface area (Å²) < 4.78 is 13.2. The number of hydrogen-bond acceptors (Lipinski definition) is 5. The van der Waals surface area contributed by atoms with Gasteiger partial charge in [-0.05, 0) is 103 Å². The van der Waals surface area contributed by atoms with Gasteiger partial charge in [-0.25, -0.2) is 5.43 Å². The first kappa shape index (κ1) is 26.7. The van der Waals surface area contributed by atoms with E-state index in [2.05, 4.69) is 54.4 Å². The number of ether oxygens (including phenoxy) is 2. The first-order valence-corrected chi connectivity index (χ1v) is 12.7. The molecule has 0 atom stereocenters. The summed E-state index contributed by atoms with van der Waals surface area (Å²) in [6.45, 7) is 6.03. The maximum absolute atomic E-state index is 12.5. The molecule has 0 aliphatic heterocycles. The molecule has 35 heavy (non-hydrogen) atoms. The molecule has 3 rings (SSSR count). The van der Waals surface area contributed by atoms with E-state index in [-0.39, 0.29) is 18.4 Å². The molecule has 0 spiro atoms. The van der Waals surface area contributed by atoms with E-state index in [1.807, 2.05) is 45.0 Å². The molecule has 0 heterocycles. The van der Waals surface area contributed by atoms with Gasteiger partial charge in [0.25, 0.3) is 11.8 Å². The number of aryl methyl sites for hydroxylation is 2. The van der Waals surface area contributed by atoms with Crippen LogP contribution in [0.1, 0.15) is 34.0 Å². The predicted octanol–water partition coefficient (Wildman–Crippen LogP) is 5.85. The smallest absolute Gasteiger partial charge is 0.271 e. The highest BCUT2D eigenvalue weighted by atomic mass is 127. The molecule has 9 heteroatoms. The molecule has 0 bridgehead atoms. The van der Waals surface area contributed by atoms with Crippen molar-refractivity contribution in [1.82, 2.24) is 5.43 Å². The number of carbonyl (C=O) groups is 2. The second-order valence-corrected chi connectivity index (χ2v) is 9.70. The molecule has 3 aromatic rings. The predicted molar refractivity (Wildman–Crippen MR) is 150 cm³/mol. The van der Waals surface area contributed by atoms with Gasteiger partial charge in [-0.15, -0.1) is 0 Å². The minimum absolute atomic E-state index is 0.167. The SMILES string of the molecule is CCOc1cc(/C=N/NC(=O)c2ccc(Br)cc2)cc(I)c1OCC(=O)Nc1cc(C)ccc1C. The van der Waals surface area contributed by atoms with E-state index in [0.717, 1.165) is 24.9 Å².